The Morgan fingerprint density at radius 3 is 2.55 bits per heavy atom. The molecule has 33 heavy (non-hydrogen) atoms. The van der Waals surface area contributed by atoms with E-state index in [0.29, 0.717) is 22.7 Å². The van der Waals surface area contributed by atoms with Crippen LogP contribution in [-0.2, 0) is 9.59 Å². The second kappa shape index (κ2) is 9.67. The highest BCUT2D eigenvalue weighted by molar-refractivity contribution is 6.48. The summed E-state index contributed by atoms with van der Waals surface area (Å²) in [5.41, 5.74) is 2.39. The van der Waals surface area contributed by atoms with Gasteiger partial charge in [-0.1, -0.05) is 43.0 Å². The van der Waals surface area contributed by atoms with Crippen molar-refractivity contribution in [3.63, 3.8) is 0 Å². The molecule has 1 saturated carbocycles. The van der Waals surface area contributed by atoms with Crippen molar-refractivity contribution in [1.82, 2.24) is 4.90 Å². The van der Waals surface area contributed by atoms with E-state index in [0.717, 1.165) is 37.7 Å². The van der Waals surface area contributed by atoms with Crippen molar-refractivity contribution < 1.29 is 19.1 Å². The fourth-order valence-corrected chi connectivity index (χ4v) is 4.45. The first kappa shape index (κ1) is 22.9. The second-order valence-electron chi connectivity index (χ2n) is 8.30. The number of methoxy groups -OCH3 is 1. The first-order valence-corrected chi connectivity index (χ1v) is 11.4. The van der Waals surface area contributed by atoms with Crippen LogP contribution in [0.2, 0.25) is 0 Å². The molecule has 3 amide bonds. The minimum Gasteiger partial charge on any atom is -0.497 e. The number of imide groups is 1. The third-order valence-electron chi connectivity index (χ3n) is 6.09. The van der Waals surface area contributed by atoms with E-state index in [-0.39, 0.29) is 22.7 Å². The predicted octanol–water partition coefficient (Wildman–Crippen LogP) is 4.82. The van der Waals surface area contributed by atoms with Crippen LogP contribution < -0.4 is 15.4 Å². The van der Waals surface area contributed by atoms with Crippen LogP contribution in [0, 0.1) is 6.92 Å². The van der Waals surface area contributed by atoms with Gasteiger partial charge in [0.2, 0.25) is 0 Å². The number of hydrogen-bond donors (Lipinski definition) is 2. The average Bonchev–Trinajstić information content (AvgIpc) is 3.04. The van der Waals surface area contributed by atoms with E-state index in [1.54, 1.807) is 49.6 Å². The zero-order chi connectivity index (χ0) is 23.5. The third kappa shape index (κ3) is 4.73. The van der Waals surface area contributed by atoms with Gasteiger partial charge in [0.25, 0.3) is 17.7 Å². The number of nitrogens with one attached hydrogen (secondary N) is 2. The maximum absolute atomic E-state index is 13.1. The van der Waals surface area contributed by atoms with Crippen LogP contribution in [0.15, 0.2) is 53.2 Å². The molecule has 7 nitrogen and oxygen atoms in total. The van der Waals surface area contributed by atoms with E-state index < -0.39 is 11.8 Å². The monoisotopic (exact) mass is 467 g/mol. The Balaban J connectivity index is 1.53. The summed E-state index contributed by atoms with van der Waals surface area (Å²) in [7, 11) is 1.56. The Hall–Kier alpha value is -3.32. The third-order valence-corrected chi connectivity index (χ3v) is 6.44. The van der Waals surface area contributed by atoms with E-state index in [4.69, 9.17) is 16.3 Å². The topological polar surface area (TPSA) is 87.7 Å². The molecule has 0 bridgehead atoms. The van der Waals surface area contributed by atoms with Gasteiger partial charge >= 0.3 is 0 Å². The lowest BCUT2D eigenvalue weighted by atomic mass is 9.94. The zero-order valence-electron chi connectivity index (χ0n) is 18.6. The Morgan fingerprint density at radius 1 is 1.06 bits per heavy atom. The van der Waals surface area contributed by atoms with Gasteiger partial charge in [0, 0.05) is 29.0 Å². The number of benzene rings is 2. The molecule has 2 aliphatic rings. The first-order chi connectivity index (χ1) is 15.9. The molecule has 2 N–H and O–H groups in total. The minimum atomic E-state index is -0.458. The van der Waals surface area contributed by atoms with Crippen LogP contribution >= 0.6 is 11.6 Å². The lowest BCUT2D eigenvalue weighted by Crippen LogP contribution is -2.42. The molecule has 1 heterocycles. The molecule has 2 aromatic carbocycles. The molecule has 0 radical (unpaired) electrons. The highest BCUT2D eigenvalue weighted by Gasteiger charge is 2.42. The molecular formula is C25H26ClN3O4. The van der Waals surface area contributed by atoms with Crippen molar-refractivity contribution in [2.75, 3.05) is 17.7 Å². The maximum Gasteiger partial charge on any atom is 0.279 e. The molecular weight excluding hydrogens is 442 g/mol. The predicted molar refractivity (Wildman–Crippen MR) is 127 cm³/mol. The number of rotatable bonds is 6. The number of aryl methyl sites for hydroxylation is 1. The summed E-state index contributed by atoms with van der Waals surface area (Å²) in [6.45, 7) is 1.85. The summed E-state index contributed by atoms with van der Waals surface area (Å²) in [6, 6.07) is 12.1. The standard InChI is InChI=1S/C25H26ClN3O4/c1-15-11-12-16(23(30)27-17-7-6-10-19(14-17)33-2)13-20(15)28-22-21(26)24(31)29(25(22)32)18-8-4-3-5-9-18/h6-7,10-14,18,28H,3-5,8-9H2,1-2H3,(H,27,30). The summed E-state index contributed by atoms with van der Waals surface area (Å²) in [5.74, 6) is -0.556. The largest absolute Gasteiger partial charge is 0.497 e. The second-order valence-corrected chi connectivity index (χ2v) is 8.68. The van der Waals surface area contributed by atoms with Gasteiger partial charge in [0.15, 0.2) is 0 Å². The number of amides is 3. The Kier molecular flexibility index (Phi) is 6.70. The molecule has 0 spiro atoms. The number of hydrogen-bond acceptors (Lipinski definition) is 5. The van der Waals surface area contributed by atoms with Crippen LogP contribution in [0.5, 0.6) is 5.75 Å². The Labute approximate surface area is 197 Å². The van der Waals surface area contributed by atoms with Gasteiger partial charge in [-0.3, -0.25) is 19.3 Å². The van der Waals surface area contributed by atoms with Crippen LogP contribution in [-0.4, -0.2) is 35.8 Å². The average molecular weight is 468 g/mol. The molecule has 0 atom stereocenters. The van der Waals surface area contributed by atoms with Crippen LogP contribution in [0.1, 0.15) is 48.0 Å². The van der Waals surface area contributed by atoms with Crippen molar-refractivity contribution in [3.05, 3.63) is 64.3 Å². The molecule has 172 valence electrons. The molecule has 1 aliphatic heterocycles. The molecule has 8 heteroatoms. The van der Waals surface area contributed by atoms with Crippen LogP contribution in [0.3, 0.4) is 0 Å². The van der Waals surface area contributed by atoms with Gasteiger partial charge < -0.3 is 15.4 Å². The van der Waals surface area contributed by atoms with Crippen molar-refractivity contribution in [2.24, 2.45) is 0 Å². The molecule has 4 rings (SSSR count). The number of anilines is 2. The van der Waals surface area contributed by atoms with Gasteiger partial charge in [-0.25, -0.2) is 0 Å². The number of halogens is 1. The summed E-state index contributed by atoms with van der Waals surface area (Å²) in [4.78, 5) is 39.9. The molecule has 0 aromatic heterocycles. The molecule has 1 fully saturated rings. The lowest BCUT2D eigenvalue weighted by molar-refractivity contribution is -0.140. The van der Waals surface area contributed by atoms with Crippen molar-refractivity contribution in [3.8, 4) is 5.75 Å². The maximum atomic E-state index is 13.1. The normalized spacial score (nSPS) is 16.9. The van der Waals surface area contributed by atoms with Crippen LogP contribution in [0.25, 0.3) is 0 Å². The highest BCUT2D eigenvalue weighted by Crippen LogP contribution is 2.33. The number of carbonyl (C=O) groups excluding carboxylic acids is 3. The molecule has 2 aromatic rings. The molecule has 0 unspecified atom stereocenters. The number of carbonyl (C=O) groups is 3. The van der Waals surface area contributed by atoms with Gasteiger partial charge in [-0.2, -0.15) is 0 Å². The van der Waals surface area contributed by atoms with E-state index in [9.17, 15) is 14.4 Å². The fourth-order valence-electron chi connectivity index (χ4n) is 4.24. The first-order valence-electron chi connectivity index (χ1n) is 11.0. The minimum absolute atomic E-state index is 0.0562. The lowest BCUT2D eigenvalue weighted by Gasteiger charge is -2.29. The number of nitrogens with zero attached hydrogens (tertiary/aromatic N) is 1. The quantitative estimate of drug-likeness (QED) is 0.595. The SMILES string of the molecule is COc1cccc(NC(=O)c2ccc(C)c(NC3=C(Cl)C(=O)N(C4CCCCC4)C3=O)c2)c1. The highest BCUT2D eigenvalue weighted by atomic mass is 35.5. The van der Waals surface area contributed by atoms with E-state index in [2.05, 4.69) is 10.6 Å². The van der Waals surface area contributed by atoms with Gasteiger partial charge in [0.1, 0.15) is 16.5 Å². The van der Waals surface area contributed by atoms with Crippen LogP contribution in [0.4, 0.5) is 11.4 Å². The smallest absolute Gasteiger partial charge is 0.279 e. The Morgan fingerprint density at radius 2 is 1.82 bits per heavy atom. The summed E-state index contributed by atoms with van der Waals surface area (Å²) >= 11 is 6.29. The van der Waals surface area contributed by atoms with Crippen molar-refractivity contribution >= 4 is 40.7 Å². The molecule has 0 saturated heterocycles. The van der Waals surface area contributed by atoms with Gasteiger partial charge in [-0.15, -0.1) is 0 Å². The molecule has 1 aliphatic carbocycles. The van der Waals surface area contributed by atoms with Gasteiger partial charge in [0.05, 0.1) is 7.11 Å². The zero-order valence-corrected chi connectivity index (χ0v) is 19.4. The summed E-state index contributed by atoms with van der Waals surface area (Å²) in [5, 5.41) is 5.74. The van der Waals surface area contributed by atoms with E-state index >= 15 is 0 Å². The van der Waals surface area contributed by atoms with Gasteiger partial charge in [-0.05, 0) is 49.6 Å². The van der Waals surface area contributed by atoms with Crippen molar-refractivity contribution in [1.29, 1.82) is 0 Å². The summed E-state index contributed by atoms with van der Waals surface area (Å²) in [6.07, 6.45) is 4.70. The fraction of sp³-hybridized carbons (Fsp3) is 0.320. The number of ether oxygens (including phenoxy) is 1. The summed E-state index contributed by atoms with van der Waals surface area (Å²) < 4.78 is 5.19. The Bertz CT molecular complexity index is 1140. The van der Waals surface area contributed by atoms with E-state index in [1.807, 2.05) is 6.92 Å². The van der Waals surface area contributed by atoms with E-state index in [1.165, 1.54) is 4.90 Å². The van der Waals surface area contributed by atoms with Crippen molar-refractivity contribution in [2.45, 2.75) is 45.1 Å².